The van der Waals surface area contributed by atoms with Gasteiger partial charge in [-0.25, -0.2) is 0 Å². The van der Waals surface area contributed by atoms with Crippen molar-refractivity contribution in [2.45, 2.75) is 36.6 Å². The van der Waals surface area contributed by atoms with Crippen LogP contribution in [0.4, 0.5) is 0 Å². The number of amides is 1. The molecule has 1 aromatic carbocycles. The molecule has 20 heavy (non-hydrogen) atoms. The van der Waals surface area contributed by atoms with Gasteiger partial charge in [-0.1, -0.05) is 43.2 Å². The van der Waals surface area contributed by atoms with Gasteiger partial charge in [0.25, 0.3) is 0 Å². The van der Waals surface area contributed by atoms with E-state index in [-0.39, 0.29) is 11.4 Å². The summed E-state index contributed by atoms with van der Waals surface area (Å²) in [6.45, 7) is 0.675. The highest BCUT2D eigenvalue weighted by atomic mass is 35.5. The fourth-order valence-electron chi connectivity index (χ4n) is 2.93. The molecular weight excluding hydrogens is 272 g/mol. The van der Waals surface area contributed by atoms with Crippen LogP contribution in [0.3, 0.4) is 0 Å². The van der Waals surface area contributed by atoms with Crippen LogP contribution < -0.4 is 5.32 Å². The summed E-state index contributed by atoms with van der Waals surface area (Å²) < 4.78 is 0. The Morgan fingerprint density at radius 1 is 1.30 bits per heavy atom. The van der Waals surface area contributed by atoms with Gasteiger partial charge in [-0.3, -0.25) is 4.79 Å². The molecule has 1 unspecified atom stereocenters. The first kappa shape index (κ1) is 15.3. The van der Waals surface area contributed by atoms with Crippen LogP contribution >= 0.6 is 11.6 Å². The first-order valence-corrected chi connectivity index (χ1v) is 7.63. The summed E-state index contributed by atoms with van der Waals surface area (Å²) in [5, 5.41) is 2.42. The number of rotatable bonds is 5. The number of nitrogens with zero attached hydrogens (tertiary/aromatic N) is 1. The second-order valence-electron chi connectivity index (χ2n) is 5.82. The smallest absolute Gasteiger partial charge is 0.242 e. The summed E-state index contributed by atoms with van der Waals surface area (Å²) in [4.78, 5) is 14.4. The maximum absolute atomic E-state index is 12.2. The molecule has 0 bridgehead atoms. The van der Waals surface area contributed by atoms with E-state index in [1.165, 1.54) is 12.8 Å². The Balaban J connectivity index is 1.95. The van der Waals surface area contributed by atoms with E-state index in [0.717, 1.165) is 18.4 Å². The standard InChI is InChI=1S/C16H23ClN2O/c1-19(2)16(10-6-7-11-16)12-18-15(20)14(17)13-8-4-3-5-9-13/h3-5,8-9,14H,6-7,10-12H2,1-2H3,(H,18,20). The van der Waals surface area contributed by atoms with Crippen molar-refractivity contribution in [1.29, 1.82) is 0 Å². The monoisotopic (exact) mass is 294 g/mol. The molecule has 1 aliphatic carbocycles. The topological polar surface area (TPSA) is 32.3 Å². The zero-order valence-electron chi connectivity index (χ0n) is 12.2. The number of benzene rings is 1. The van der Waals surface area contributed by atoms with E-state index in [0.29, 0.717) is 6.54 Å². The van der Waals surface area contributed by atoms with Crippen molar-refractivity contribution in [1.82, 2.24) is 10.2 Å². The van der Waals surface area contributed by atoms with Gasteiger partial charge in [-0.2, -0.15) is 0 Å². The molecule has 0 aromatic heterocycles. The molecule has 0 aliphatic heterocycles. The summed E-state index contributed by atoms with van der Waals surface area (Å²) in [5.74, 6) is -0.106. The predicted molar refractivity (Wildman–Crippen MR) is 82.9 cm³/mol. The molecule has 0 spiro atoms. The largest absolute Gasteiger partial charge is 0.353 e. The summed E-state index contributed by atoms with van der Waals surface area (Å²) in [6, 6.07) is 9.49. The van der Waals surface area contributed by atoms with E-state index < -0.39 is 5.38 Å². The lowest BCUT2D eigenvalue weighted by Gasteiger charge is -2.36. The van der Waals surface area contributed by atoms with E-state index in [1.807, 2.05) is 30.3 Å². The molecule has 4 heteroatoms. The lowest BCUT2D eigenvalue weighted by molar-refractivity contribution is -0.121. The molecule has 0 radical (unpaired) electrons. The lowest BCUT2D eigenvalue weighted by atomic mass is 9.96. The highest BCUT2D eigenvalue weighted by Gasteiger charge is 2.36. The third-order valence-corrected chi connectivity index (χ3v) is 4.85. The van der Waals surface area contributed by atoms with Crippen LogP contribution in [0, 0.1) is 0 Å². The average Bonchev–Trinajstić information content (AvgIpc) is 2.95. The molecule has 1 fully saturated rings. The molecule has 1 aliphatic rings. The first-order chi connectivity index (χ1) is 9.55. The van der Waals surface area contributed by atoms with Crippen LogP contribution in [-0.2, 0) is 4.79 Å². The van der Waals surface area contributed by atoms with Crippen molar-refractivity contribution in [3.05, 3.63) is 35.9 Å². The predicted octanol–water partition coefficient (Wildman–Crippen LogP) is 2.96. The van der Waals surface area contributed by atoms with E-state index >= 15 is 0 Å². The van der Waals surface area contributed by atoms with Crippen molar-refractivity contribution in [2.24, 2.45) is 0 Å². The Labute approximate surface area is 126 Å². The molecule has 0 saturated heterocycles. The number of halogens is 1. The highest BCUT2D eigenvalue weighted by Crippen LogP contribution is 2.33. The molecule has 2 rings (SSSR count). The van der Waals surface area contributed by atoms with Gasteiger partial charge in [-0.15, -0.1) is 11.6 Å². The van der Waals surface area contributed by atoms with Crippen LogP contribution in [-0.4, -0.2) is 37.0 Å². The minimum absolute atomic E-state index is 0.100. The summed E-state index contributed by atoms with van der Waals surface area (Å²) >= 11 is 6.24. The molecule has 0 heterocycles. The van der Waals surface area contributed by atoms with Crippen molar-refractivity contribution < 1.29 is 4.79 Å². The molecule has 1 N–H and O–H groups in total. The number of nitrogens with one attached hydrogen (secondary N) is 1. The second-order valence-corrected chi connectivity index (χ2v) is 6.25. The van der Waals surface area contributed by atoms with Crippen molar-refractivity contribution in [3.63, 3.8) is 0 Å². The molecule has 1 amide bonds. The van der Waals surface area contributed by atoms with Crippen molar-refractivity contribution in [3.8, 4) is 0 Å². The third-order valence-electron chi connectivity index (χ3n) is 4.40. The van der Waals surface area contributed by atoms with Crippen LogP contribution in [0.1, 0.15) is 36.6 Å². The number of carbonyl (C=O) groups excluding carboxylic acids is 1. The van der Waals surface area contributed by atoms with E-state index in [1.54, 1.807) is 0 Å². The van der Waals surface area contributed by atoms with Crippen LogP contribution in [0.2, 0.25) is 0 Å². The fraction of sp³-hybridized carbons (Fsp3) is 0.562. The number of hydrogen-bond donors (Lipinski definition) is 1. The van der Waals surface area contributed by atoms with Gasteiger partial charge >= 0.3 is 0 Å². The number of likely N-dealkylation sites (N-methyl/N-ethyl adjacent to an activating group) is 1. The zero-order chi connectivity index (χ0) is 14.6. The Morgan fingerprint density at radius 3 is 2.45 bits per heavy atom. The summed E-state index contributed by atoms with van der Waals surface area (Å²) in [5.41, 5.74) is 0.945. The van der Waals surface area contributed by atoms with Crippen LogP contribution in [0.15, 0.2) is 30.3 Å². The minimum atomic E-state index is -0.614. The molecule has 1 atom stereocenters. The quantitative estimate of drug-likeness (QED) is 0.847. The van der Waals surface area contributed by atoms with Gasteiger partial charge < -0.3 is 10.2 Å². The maximum Gasteiger partial charge on any atom is 0.242 e. The summed E-state index contributed by atoms with van der Waals surface area (Å²) in [6.07, 6.45) is 4.74. The molecule has 110 valence electrons. The fourth-order valence-corrected chi connectivity index (χ4v) is 3.15. The maximum atomic E-state index is 12.2. The van der Waals surface area contributed by atoms with E-state index in [2.05, 4.69) is 24.3 Å². The first-order valence-electron chi connectivity index (χ1n) is 7.19. The number of alkyl halides is 1. The molecule has 1 saturated carbocycles. The normalized spacial score (nSPS) is 19.0. The van der Waals surface area contributed by atoms with Crippen molar-refractivity contribution >= 4 is 17.5 Å². The Kier molecular flexibility index (Phi) is 5.06. The van der Waals surface area contributed by atoms with E-state index in [4.69, 9.17) is 11.6 Å². The number of hydrogen-bond acceptors (Lipinski definition) is 2. The van der Waals surface area contributed by atoms with Gasteiger partial charge in [0.2, 0.25) is 5.91 Å². The zero-order valence-corrected chi connectivity index (χ0v) is 13.0. The molecule has 3 nitrogen and oxygen atoms in total. The minimum Gasteiger partial charge on any atom is -0.353 e. The van der Waals surface area contributed by atoms with Gasteiger partial charge in [0.05, 0.1) is 0 Å². The third kappa shape index (κ3) is 3.33. The van der Waals surface area contributed by atoms with Gasteiger partial charge in [-0.05, 0) is 32.5 Å². The summed E-state index contributed by atoms with van der Waals surface area (Å²) in [7, 11) is 4.18. The molecule has 1 aromatic rings. The highest BCUT2D eigenvalue weighted by molar-refractivity contribution is 6.30. The Hall–Kier alpha value is -1.06. The van der Waals surface area contributed by atoms with Crippen LogP contribution in [0.5, 0.6) is 0 Å². The van der Waals surface area contributed by atoms with E-state index in [9.17, 15) is 4.79 Å². The molecular formula is C16H23ClN2O. The average molecular weight is 295 g/mol. The second kappa shape index (κ2) is 6.59. The number of carbonyl (C=O) groups is 1. The SMILES string of the molecule is CN(C)C1(CNC(=O)C(Cl)c2ccccc2)CCCC1. The van der Waals surface area contributed by atoms with Crippen molar-refractivity contribution in [2.75, 3.05) is 20.6 Å². The van der Waals surface area contributed by atoms with Gasteiger partial charge in [0.1, 0.15) is 5.38 Å². The van der Waals surface area contributed by atoms with Crippen LogP contribution in [0.25, 0.3) is 0 Å². The Morgan fingerprint density at radius 2 is 1.90 bits per heavy atom. The van der Waals surface area contributed by atoms with Gasteiger partial charge in [0, 0.05) is 12.1 Å². The van der Waals surface area contributed by atoms with Gasteiger partial charge in [0.15, 0.2) is 0 Å². The lowest BCUT2D eigenvalue weighted by Crippen LogP contribution is -2.51. The Bertz CT molecular complexity index is 441.